The van der Waals surface area contributed by atoms with Gasteiger partial charge < -0.3 is 4.74 Å². The van der Waals surface area contributed by atoms with E-state index in [1.165, 1.54) is 4.31 Å². The van der Waals surface area contributed by atoms with Gasteiger partial charge in [-0.3, -0.25) is 0 Å². The zero-order chi connectivity index (χ0) is 17.3. The number of methoxy groups -OCH3 is 1. The number of ether oxygens (including phenoxy) is 1. The summed E-state index contributed by atoms with van der Waals surface area (Å²) in [6, 6.07) is 9.15. The summed E-state index contributed by atoms with van der Waals surface area (Å²) in [6.45, 7) is 0.273. The van der Waals surface area contributed by atoms with Crippen LogP contribution in [0.3, 0.4) is 0 Å². The summed E-state index contributed by atoms with van der Waals surface area (Å²) in [6.07, 6.45) is 1.29. The van der Waals surface area contributed by atoms with Crippen LogP contribution in [0.2, 0.25) is 0 Å². The highest BCUT2D eigenvalue weighted by molar-refractivity contribution is 7.89. The van der Waals surface area contributed by atoms with Crippen molar-refractivity contribution < 1.29 is 21.9 Å². The van der Waals surface area contributed by atoms with Gasteiger partial charge >= 0.3 is 0 Å². The number of benzene rings is 2. The fourth-order valence-electron chi connectivity index (χ4n) is 2.99. The molecule has 0 N–H and O–H groups in total. The summed E-state index contributed by atoms with van der Waals surface area (Å²) in [7, 11) is -2.57. The van der Waals surface area contributed by atoms with E-state index in [1.807, 2.05) is 0 Å². The van der Waals surface area contributed by atoms with Crippen LogP contribution >= 0.6 is 0 Å². The van der Waals surface area contributed by atoms with E-state index in [0.717, 1.165) is 23.8 Å². The van der Waals surface area contributed by atoms with Crippen LogP contribution in [-0.4, -0.2) is 26.4 Å². The van der Waals surface area contributed by atoms with E-state index in [4.69, 9.17) is 4.74 Å². The second-order valence-electron chi connectivity index (χ2n) is 5.62. The van der Waals surface area contributed by atoms with E-state index < -0.39 is 32.6 Å². The van der Waals surface area contributed by atoms with Crippen LogP contribution in [-0.2, 0) is 10.0 Å². The van der Waals surface area contributed by atoms with Crippen molar-refractivity contribution in [1.29, 1.82) is 0 Å². The first-order chi connectivity index (χ1) is 11.4. The lowest BCUT2D eigenvalue weighted by Gasteiger charge is -2.24. The summed E-state index contributed by atoms with van der Waals surface area (Å²) in [4.78, 5) is -0.622. The smallest absolute Gasteiger partial charge is 0.246 e. The first kappa shape index (κ1) is 16.9. The highest BCUT2D eigenvalue weighted by Gasteiger charge is 2.37. The van der Waals surface area contributed by atoms with E-state index in [1.54, 1.807) is 31.4 Å². The Hall–Kier alpha value is -1.99. The maximum atomic E-state index is 14.0. The fourth-order valence-corrected chi connectivity index (χ4v) is 4.75. The minimum absolute atomic E-state index is 0.273. The lowest BCUT2D eigenvalue weighted by Crippen LogP contribution is -2.31. The van der Waals surface area contributed by atoms with Gasteiger partial charge in [0.05, 0.1) is 13.2 Å². The van der Waals surface area contributed by atoms with Gasteiger partial charge in [-0.05, 0) is 48.7 Å². The second kappa shape index (κ2) is 6.49. The molecule has 1 heterocycles. The van der Waals surface area contributed by atoms with Gasteiger partial charge in [-0.1, -0.05) is 12.1 Å². The molecule has 7 heteroatoms. The average molecular weight is 353 g/mol. The van der Waals surface area contributed by atoms with Crippen LogP contribution in [0.4, 0.5) is 8.78 Å². The zero-order valence-electron chi connectivity index (χ0n) is 13.1. The molecule has 0 radical (unpaired) electrons. The monoisotopic (exact) mass is 353 g/mol. The summed E-state index contributed by atoms with van der Waals surface area (Å²) < 4.78 is 59.3. The Labute approximate surface area is 139 Å². The Balaban J connectivity index is 1.98. The Morgan fingerprint density at radius 3 is 2.50 bits per heavy atom. The first-order valence-corrected chi connectivity index (χ1v) is 8.98. The van der Waals surface area contributed by atoms with Crippen molar-refractivity contribution in [3.8, 4) is 5.75 Å². The van der Waals surface area contributed by atoms with E-state index in [9.17, 15) is 17.2 Å². The molecule has 0 unspecified atom stereocenters. The molecule has 1 fully saturated rings. The lowest BCUT2D eigenvalue weighted by molar-refractivity contribution is 0.391. The molecule has 4 nitrogen and oxygen atoms in total. The Bertz CT molecular complexity index is 837. The van der Waals surface area contributed by atoms with Crippen molar-refractivity contribution in [2.75, 3.05) is 13.7 Å². The molecule has 3 rings (SSSR count). The van der Waals surface area contributed by atoms with Crippen molar-refractivity contribution in [2.45, 2.75) is 23.8 Å². The molecule has 0 amide bonds. The van der Waals surface area contributed by atoms with E-state index in [-0.39, 0.29) is 6.54 Å². The van der Waals surface area contributed by atoms with Crippen LogP contribution in [0.25, 0.3) is 0 Å². The summed E-state index contributed by atoms with van der Waals surface area (Å²) in [5.41, 5.74) is 0.800. The molecular formula is C17H17F2NO3S. The highest BCUT2D eigenvalue weighted by atomic mass is 32.2. The van der Waals surface area contributed by atoms with Crippen LogP contribution < -0.4 is 4.74 Å². The molecule has 0 spiro atoms. The van der Waals surface area contributed by atoms with Gasteiger partial charge in [0.25, 0.3) is 0 Å². The number of hydrogen-bond donors (Lipinski definition) is 0. The van der Waals surface area contributed by atoms with E-state index in [2.05, 4.69) is 0 Å². The number of sulfonamides is 1. The maximum absolute atomic E-state index is 14.0. The van der Waals surface area contributed by atoms with Crippen molar-refractivity contribution >= 4 is 10.0 Å². The standard InChI is InChI=1S/C17H17F2NO3S/c1-23-14-7-4-12(5-8-14)16-3-2-10-20(16)24(21,22)17-11-13(18)6-9-15(17)19/h4-9,11,16H,2-3,10H2,1H3/t16-/m0/s1. The largest absolute Gasteiger partial charge is 0.497 e. The molecule has 2 aromatic carbocycles. The number of nitrogens with zero attached hydrogens (tertiary/aromatic N) is 1. The van der Waals surface area contributed by atoms with Gasteiger partial charge in [0, 0.05) is 6.54 Å². The molecular weight excluding hydrogens is 336 g/mol. The maximum Gasteiger partial charge on any atom is 0.246 e. The Morgan fingerprint density at radius 1 is 1.12 bits per heavy atom. The molecule has 2 aromatic rings. The summed E-state index contributed by atoms with van der Waals surface area (Å²) >= 11 is 0. The lowest BCUT2D eigenvalue weighted by atomic mass is 10.1. The average Bonchev–Trinajstić information content (AvgIpc) is 3.07. The van der Waals surface area contributed by atoms with Crippen molar-refractivity contribution in [3.05, 3.63) is 59.7 Å². The van der Waals surface area contributed by atoms with Crippen LogP contribution in [0.15, 0.2) is 47.4 Å². The SMILES string of the molecule is COc1ccc([C@@H]2CCCN2S(=O)(=O)c2cc(F)ccc2F)cc1. The van der Waals surface area contributed by atoms with Crippen molar-refractivity contribution in [3.63, 3.8) is 0 Å². The second-order valence-corrected chi connectivity index (χ2v) is 7.48. The molecule has 24 heavy (non-hydrogen) atoms. The van der Waals surface area contributed by atoms with Crippen molar-refractivity contribution in [1.82, 2.24) is 4.31 Å². The predicted octanol–water partition coefficient (Wildman–Crippen LogP) is 3.50. The van der Waals surface area contributed by atoms with Gasteiger partial charge in [0.1, 0.15) is 22.3 Å². The summed E-state index contributed by atoms with van der Waals surface area (Å²) in [5.74, 6) is -1.06. The third-order valence-electron chi connectivity index (χ3n) is 4.18. The number of hydrogen-bond acceptors (Lipinski definition) is 3. The molecule has 1 aliphatic heterocycles. The number of rotatable bonds is 4. The summed E-state index contributed by atoms with van der Waals surface area (Å²) in [5, 5.41) is 0. The predicted molar refractivity (Wildman–Crippen MR) is 85.2 cm³/mol. The molecule has 1 saturated heterocycles. The topological polar surface area (TPSA) is 46.6 Å². The quantitative estimate of drug-likeness (QED) is 0.845. The fraction of sp³-hybridized carbons (Fsp3) is 0.294. The molecule has 0 aliphatic carbocycles. The van der Waals surface area contributed by atoms with Gasteiger partial charge in [0.2, 0.25) is 10.0 Å². The van der Waals surface area contributed by atoms with Gasteiger partial charge in [-0.2, -0.15) is 4.31 Å². The normalized spacial score (nSPS) is 18.7. The molecule has 0 aromatic heterocycles. The highest BCUT2D eigenvalue weighted by Crippen LogP contribution is 2.37. The Kier molecular flexibility index (Phi) is 4.56. The van der Waals surface area contributed by atoms with E-state index >= 15 is 0 Å². The van der Waals surface area contributed by atoms with Crippen LogP contribution in [0.1, 0.15) is 24.4 Å². The third kappa shape index (κ3) is 3.01. The van der Waals surface area contributed by atoms with Gasteiger partial charge in [-0.15, -0.1) is 0 Å². The Morgan fingerprint density at radius 2 is 1.83 bits per heavy atom. The van der Waals surface area contributed by atoms with E-state index in [0.29, 0.717) is 18.6 Å². The molecule has 0 bridgehead atoms. The van der Waals surface area contributed by atoms with Crippen LogP contribution in [0, 0.1) is 11.6 Å². The zero-order valence-corrected chi connectivity index (χ0v) is 13.9. The first-order valence-electron chi connectivity index (χ1n) is 7.54. The van der Waals surface area contributed by atoms with Gasteiger partial charge in [-0.25, -0.2) is 17.2 Å². The minimum atomic E-state index is -4.12. The van der Waals surface area contributed by atoms with Gasteiger partial charge in [0.15, 0.2) is 0 Å². The minimum Gasteiger partial charge on any atom is -0.497 e. The van der Waals surface area contributed by atoms with Crippen LogP contribution in [0.5, 0.6) is 5.75 Å². The third-order valence-corrected chi connectivity index (χ3v) is 6.11. The molecule has 128 valence electrons. The molecule has 1 atom stereocenters. The number of halogens is 2. The molecule has 1 aliphatic rings. The molecule has 0 saturated carbocycles. The van der Waals surface area contributed by atoms with Crippen molar-refractivity contribution in [2.24, 2.45) is 0 Å².